The van der Waals surface area contributed by atoms with Crippen LogP contribution in [0.3, 0.4) is 0 Å². The number of aliphatic hydroxyl groups excluding tert-OH is 1. The van der Waals surface area contributed by atoms with Gasteiger partial charge in [0.1, 0.15) is 12.2 Å². The maximum Gasteiger partial charge on any atom is 0.138 e. The van der Waals surface area contributed by atoms with Crippen LogP contribution in [0.5, 0.6) is 0 Å². The number of hydrogen-bond donors (Lipinski definition) is 1. The molecule has 2 rings (SSSR count). The highest BCUT2D eigenvalue weighted by Gasteiger charge is 2.12. The number of aliphatic hydroxyl groups is 1. The highest BCUT2D eigenvalue weighted by Crippen LogP contribution is 2.23. The van der Waals surface area contributed by atoms with E-state index >= 15 is 0 Å². The molecule has 4 nitrogen and oxygen atoms in total. The first-order valence-electron chi connectivity index (χ1n) is 6.94. The number of thioether (sulfide) groups is 1. The van der Waals surface area contributed by atoms with Gasteiger partial charge in [-0.25, -0.2) is 4.98 Å². The number of rotatable bonds is 7. The van der Waals surface area contributed by atoms with Crippen LogP contribution in [0.4, 0.5) is 0 Å². The second-order valence-electron chi connectivity index (χ2n) is 4.83. The van der Waals surface area contributed by atoms with Gasteiger partial charge in [0.2, 0.25) is 0 Å². The Morgan fingerprint density at radius 3 is 2.90 bits per heavy atom. The van der Waals surface area contributed by atoms with Gasteiger partial charge in [-0.05, 0) is 25.0 Å². The molecule has 1 N–H and O–H groups in total. The van der Waals surface area contributed by atoms with E-state index < -0.39 is 6.10 Å². The van der Waals surface area contributed by atoms with Crippen molar-refractivity contribution in [2.75, 3.05) is 5.75 Å². The summed E-state index contributed by atoms with van der Waals surface area (Å²) in [5.41, 5.74) is 1.25. The fourth-order valence-electron chi connectivity index (χ4n) is 2.02. The van der Waals surface area contributed by atoms with Gasteiger partial charge in [-0.3, -0.25) is 4.68 Å². The lowest BCUT2D eigenvalue weighted by molar-refractivity contribution is 0.195. The van der Waals surface area contributed by atoms with E-state index in [2.05, 4.69) is 36.1 Å². The Hall–Kier alpha value is -1.33. The van der Waals surface area contributed by atoms with Gasteiger partial charge in [-0.2, -0.15) is 5.10 Å². The molecule has 0 saturated carbocycles. The molecule has 20 heavy (non-hydrogen) atoms. The molecule has 2 aromatic rings. The Morgan fingerprint density at radius 1 is 1.35 bits per heavy atom. The van der Waals surface area contributed by atoms with Crippen LogP contribution in [0.15, 0.2) is 35.5 Å². The molecular formula is C15H21N3OS. The molecule has 1 atom stereocenters. The van der Waals surface area contributed by atoms with Crippen LogP contribution < -0.4 is 0 Å². The minimum absolute atomic E-state index is 0.403. The van der Waals surface area contributed by atoms with Crippen molar-refractivity contribution in [2.45, 2.75) is 44.2 Å². The third kappa shape index (κ3) is 4.08. The molecule has 0 aliphatic carbocycles. The van der Waals surface area contributed by atoms with Crippen LogP contribution in [-0.4, -0.2) is 31.7 Å². The Balaban J connectivity index is 1.88. The molecule has 1 unspecified atom stereocenters. The topological polar surface area (TPSA) is 50.9 Å². The predicted molar refractivity (Wildman–Crippen MR) is 81.9 cm³/mol. The minimum Gasteiger partial charge on any atom is -0.392 e. The predicted octanol–water partition coefficient (Wildman–Crippen LogP) is 2.69. The zero-order chi connectivity index (χ0) is 14.4. The summed E-state index contributed by atoms with van der Waals surface area (Å²) in [5, 5.41) is 14.3. The van der Waals surface area contributed by atoms with E-state index in [1.807, 2.05) is 16.8 Å². The van der Waals surface area contributed by atoms with Gasteiger partial charge in [-0.1, -0.05) is 25.1 Å². The van der Waals surface area contributed by atoms with Crippen molar-refractivity contribution in [1.82, 2.24) is 14.8 Å². The molecule has 0 aliphatic rings. The van der Waals surface area contributed by atoms with E-state index in [9.17, 15) is 5.11 Å². The monoisotopic (exact) mass is 291 g/mol. The lowest BCUT2D eigenvalue weighted by Crippen LogP contribution is -2.18. The van der Waals surface area contributed by atoms with E-state index in [-0.39, 0.29) is 0 Å². The van der Waals surface area contributed by atoms with E-state index in [0.717, 1.165) is 18.8 Å². The normalized spacial score (nSPS) is 12.6. The van der Waals surface area contributed by atoms with E-state index in [1.165, 1.54) is 10.5 Å². The highest BCUT2D eigenvalue weighted by molar-refractivity contribution is 7.99. The molecular weight excluding hydrogens is 270 g/mol. The molecule has 108 valence electrons. The standard InChI is InChI=1S/C15H21N3OS/c1-3-8-18-15(16-11-17-18)9-13(19)10-20-14-7-5-4-6-12(14)2/h4-7,11,13,19H,3,8-10H2,1-2H3. The summed E-state index contributed by atoms with van der Waals surface area (Å²) in [6.07, 6.45) is 2.73. The molecule has 1 aromatic heterocycles. The Morgan fingerprint density at radius 2 is 2.15 bits per heavy atom. The summed E-state index contributed by atoms with van der Waals surface area (Å²) in [6.45, 7) is 5.05. The zero-order valence-corrected chi connectivity index (χ0v) is 12.8. The van der Waals surface area contributed by atoms with Gasteiger partial charge in [0.05, 0.1) is 6.10 Å². The maximum atomic E-state index is 10.2. The number of benzene rings is 1. The van der Waals surface area contributed by atoms with Gasteiger partial charge in [-0.15, -0.1) is 11.8 Å². The zero-order valence-electron chi connectivity index (χ0n) is 12.0. The van der Waals surface area contributed by atoms with Crippen molar-refractivity contribution in [2.24, 2.45) is 0 Å². The average molecular weight is 291 g/mol. The van der Waals surface area contributed by atoms with Gasteiger partial charge in [0.15, 0.2) is 0 Å². The second-order valence-corrected chi connectivity index (χ2v) is 5.90. The Kier molecular flexibility index (Phi) is 5.61. The van der Waals surface area contributed by atoms with Crippen molar-refractivity contribution in [3.63, 3.8) is 0 Å². The van der Waals surface area contributed by atoms with Crippen LogP contribution in [0.1, 0.15) is 24.7 Å². The largest absolute Gasteiger partial charge is 0.392 e. The summed E-state index contributed by atoms with van der Waals surface area (Å²) in [7, 11) is 0. The summed E-state index contributed by atoms with van der Waals surface area (Å²) >= 11 is 1.69. The lowest BCUT2D eigenvalue weighted by Gasteiger charge is -2.11. The molecule has 1 aromatic carbocycles. The number of nitrogens with zero attached hydrogens (tertiary/aromatic N) is 3. The van der Waals surface area contributed by atoms with Crippen molar-refractivity contribution in [1.29, 1.82) is 0 Å². The molecule has 0 aliphatic heterocycles. The van der Waals surface area contributed by atoms with Crippen molar-refractivity contribution >= 4 is 11.8 Å². The summed E-state index contributed by atoms with van der Waals surface area (Å²) in [5.74, 6) is 1.54. The third-order valence-electron chi connectivity index (χ3n) is 3.07. The van der Waals surface area contributed by atoms with Gasteiger partial charge >= 0.3 is 0 Å². The summed E-state index contributed by atoms with van der Waals surface area (Å²) in [6, 6.07) is 8.24. The Bertz CT molecular complexity index is 541. The third-order valence-corrected chi connectivity index (χ3v) is 4.39. The molecule has 0 fully saturated rings. The molecule has 0 radical (unpaired) electrons. The van der Waals surface area contributed by atoms with E-state index in [4.69, 9.17) is 0 Å². The number of aromatic nitrogens is 3. The first-order chi connectivity index (χ1) is 9.70. The first-order valence-corrected chi connectivity index (χ1v) is 7.92. The molecule has 1 heterocycles. The number of aryl methyl sites for hydroxylation is 2. The van der Waals surface area contributed by atoms with E-state index in [1.54, 1.807) is 18.1 Å². The molecule has 0 spiro atoms. The summed E-state index contributed by atoms with van der Waals surface area (Å²) in [4.78, 5) is 5.45. The smallest absolute Gasteiger partial charge is 0.138 e. The van der Waals surface area contributed by atoms with E-state index in [0.29, 0.717) is 12.2 Å². The fraction of sp³-hybridized carbons (Fsp3) is 0.467. The molecule has 0 amide bonds. The first kappa shape index (κ1) is 15.1. The maximum absolute atomic E-state index is 10.2. The van der Waals surface area contributed by atoms with Crippen LogP contribution in [0.2, 0.25) is 0 Å². The summed E-state index contributed by atoms with van der Waals surface area (Å²) < 4.78 is 1.88. The van der Waals surface area contributed by atoms with Crippen LogP contribution >= 0.6 is 11.8 Å². The van der Waals surface area contributed by atoms with Crippen molar-refractivity contribution < 1.29 is 5.11 Å². The van der Waals surface area contributed by atoms with Gasteiger partial charge in [0, 0.05) is 23.6 Å². The highest BCUT2D eigenvalue weighted by atomic mass is 32.2. The van der Waals surface area contributed by atoms with Gasteiger partial charge in [0.25, 0.3) is 0 Å². The van der Waals surface area contributed by atoms with Crippen LogP contribution in [-0.2, 0) is 13.0 Å². The average Bonchev–Trinajstić information content (AvgIpc) is 2.86. The molecule has 0 bridgehead atoms. The van der Waals surface area contributed by atoms with Gasteiger partial charge < -0.3 is 5.11 Å². The molecule has 0 saturated heterocycles. The SMILES string of the molecule is CCCn1ncnc1CC(O)CSc1ccccc1C. The molecule has 5 heteroatoms. The number of hydrogen-bond acceptors (Lipinski definition) is 4. The van der Waals surface area contributed by atoms with Crippen molar-refractivity contribution in [3.05, 3.63) is 42.0 Å². The quantitative estimate of drug-likeness (QED) is 0.797. The lowest BCUT2D eigenvalue weighted by atomic mass is 10.2. The van der Waals surface area contributed by atoms with Crippen LogP contribution in [0, 0.1) is 6.92 Å². The second kappa shape index (κ2) is 7.45. The van der Waals surface area contributed by atoms with Crippen molar-refractivity contribution in [3.8, 4) is 0 Å². The Labute approximate surface area is 124 Å². The fourth-order valence-corrected chi connectivity index (χ4v) is 2.98. The van der Waals surface area contributed by atoms with Crippen LogP contribution in [0.25, 0.3) is 0 Å². The minimum atomic E-state index is -0.403.